The van der Waals surface area contributed by atoms with E-state index in [1.54, 1.807) is 0 Å². The van der Waals surface area contributed by atoms with E-state index in [4.69, 9.17) is 14.9 Å². The predicted octanol–water partition coefficient (Wildman–Crippen LogP) is 0.712. The number of carbonyl (C=O) groups is 1. The summed E-state index contributed by atoms with van der Waals surface area (Å²) in [6.45, 7) is 3.34. The second-order valence-electron chi connectivity index (χ2n) is 4.46. The molecule has 0 bridgehead atoms. The Morgan fingerprint density at radius 3 is 2.76 bits per heavy atom. The summed E-state index contributed by atoms with van der Waals surface area (Å²) >= 11 is 0. The van der Waals surface area contributed by atoms with E-state index < -0.39 is 5.54 Å². The highest BCUT2D eigenvalue weighted by Gasteiger charge is 2.35. The fourth-order valence-corrected chi connectivity index (χ4v) is 1.89. The van der Waals surface area contributed by atoms with Crippen molar-refractivity contribution < 1.29 is 13.9 Å². The smallest absolute Gasteiger partial charge is 0.240 e. The molecule has 1 aromatic heterocycles. The molecule has 5 nitrogen and oxygen atoms in total. The van der Waals surface area contributed by atoms with Gasteiger partial charge in [0.15, 0.2) is 0 Å². The summed E-state index contributed by atoms with van der Waals surface area (Å²) in [7, 11) is 0. The third-order valence-corrected chi connectivity index (χ3v) is 3.06. The van der Waals surface area contributed by atoms with Gasteiger partial charge in [0.1, 0.15) is 11.5 Å². The zero-order valence-corrected chi connectivity index (χ0v) is 9.99. The Bertz CT molecular complexity index is 394. The van der Waals surface area contributed by atoms with Gasteiger partial charge in [0.05, 0.1) is 12.1 Å². The molecule has 1 saturated heterocycles. The number of rotatable bonds is 3. The fourth-order valence-electron chi connectivity index (χ4n) is 1.89. The Morgan fingerprint density at radius 1 is 1.47 bits per heavy atom. The minimum absolute atomic E-state index is 0.130. The van der Waals surface area contributed by atoms with Gasteiger partial charge in [0.2, 0.25) is 5.91 Å². The van der Waals surface area contributed by atoms with Crippen LogP contribution in [-0.4, -0.2) is 24.7 Å². The van der Waals surface area contributed by atoms with E-state index in [1.165, 1.54) is 0 Å². The first-order chi connectivity index (χ1) is 8.10. The van der Waals surface area contributed by atoms with Gasteiger partial charge >= 0.3 is 0 Å². The Labute approximate surface area is 100 Å². The first-order valence-corrected chi connectivity index (χ1v) is 5.80. The van der Waals surface area contributed by atoms with Crippen LogP contribution in [0, 0.1) is 6.92 Å². The number of furan rings is 1. The molecule has 0 saturated carbocycles. The van der Waals surface area contributed by atoms with Crippen LogP contribution in [0.4, 0.5) is 0 Å². The number of hydrogen-bond donors (Lipinski definition) is 2. The molecule has 0 aliphatic carbocycles. The SMILES string of the molecule is Cc1ccc(CNC(=O)C2(N)CCOCC2)o1. The molecular weight excluding hydrogens is 220 g/mol. The van der Waals surface area contributed by atoms with Crippen LogP contribution in [0.15, 0.2) is 16.5 Å². The van der Waals surface area contributed by atoms with Gasteiger partial charge < -0.3 is 20.2 Å². The predicted molar refractivity (Wildman–Crippen MR) is 62.3 cm³/mol. The lowest BCUT2D eigenvalue weighted by atomic mass is 9.90. The Balaban J connectivity index is 1.88. The fraction of sp³-hybridized carbons (Fsp3) is 0.583. The maximum absolute atomic E-state index is 12.0. The normalized spacial score (nSPS) is 18.9. The molecular formula is C12H18N2O3. The van der Waals surface area contributed by atoms with Crippen LogP contribution in [0.25, 0.3) is 0 Å². The summed E-state index contributed by atoms with van der Waals surface area (Å²) in [6.07, 6.45) is 1.13. The van der Waals surface area contributed by atoms with Crippen molar-refractivity contribution in [3.8, 4) is 0 Å². The van der Waals surface area contributed by atoms with E-state index in [9.17, 15) is 4.79 Å². The lowest BCUT2D eigenvalue weighted by molar-refractivity contribution is -0.130. The third kappa shape index (κ3) is 2.87. The highest BCUT2D eigenvalue weighted by molar-refractivity contribution is 5.86. The topological polar surface area (TPSA) is 77.5 Å². The molecule has 2 heterocycles. The Hall–Kier alpha value is -1.33. The summed E-state index contributed by atoms with van der Waals surface area (Å²) in [4.78, 5) is 12.0. The molecule has 2 rings (SSSR count). The molecule has 0 radical (unpaired) electrons. The van der Waals surface area contributed by atoms with E-state index in [0.29, 0.717) is 32.6 Å². The molecule has 1 amide bonds. The summed E-state index contributed by atoms with van der Waals surface area (Å²) < 4.78 is 10.6. The number of carbonyl (C=O) groups excluding carboxylic acids is 1. The van der Waals surface area contributed by atoms with Crippen molar-refractivity contribution in [2.75, 3.05) is 13.2 Å². The lowest BCUT2D eigenvalue weighted by Gasteiger charge is -2.31. The quantitative estimate of drug-likeness (QED) is 0.813. The van der Waals surface area contributed by atoms with Gasteiger partial charge in [-0.15, -0.1) is 0 Å². The highest BCUT2D eigenvalue weighted by Crippen LogP contribution is 2.18. The maximum atomic E-state index is 12.0. The second kappa shape index (κ2) is 4.89. The summed E-state index contributed by atoms with van der Waals surface area (Å²) in [5.41, 5.74) is 5.26. The highest BCUT2D eigenvalue weighted by atomic mass is 16.5. The molecule has 1 aliphatic heterocycles. The molecule has 5 heteroatoms. The molecule has 1 aromatic rings. The van der Waals surface area contributed by atoms with Crippen molar-refractivity contribution in [2.24, 2.45) is 5.73 Å². The minimum atomic E-state index is -0.792. The number of nitrogens with two attached hydrogens (primary N) is 1. The Morgan fingerprint density at radius 2 is 2.18 bits per heavy atom. The van der Waals surface area contributed by atoms with Crippen LogP contribution < -0.4 is 11.1 Å². The van der Waals surface area contributed by atoms with Crippen LogP contribution in [-0.2, 0) is 16.1 Å². The average molecular weight is 238 g/mol. The van der Waals surface area contributed by atoms with Crippen molar-refractivity contribution in [3.63, 3.8) is 0 Å². The number of ether oxygens (including phenoxy) is 1. The Kier molecular flexibility index (Phi) is 3.49. The number of hydrogen-bond acceptors (Lipinski definition) is 4. The van der Waals surface area contributed by atoms with E-state index in [1.807, 2.05) is 19.1 Å². The first-order valence-electron chi connectivity index (χ1n) is 5.80. The van der Waals surface area contributed by atoms with Gasteiger partial charge in [-0.2, -0.15) is 0 Å². The van der Waals surface area contributed by atoms with Crippen LogP contribution in [0.1, 0.15) is 24.4 Å². The lowest BCUT2D eigenvalue weighted by Crippen LogP contribution is -2.56. The van der Waals surface area contributed by atoms with Crippen molar-refractivity contribution in [3.05, 3.63) is 23.7 Å². The van der Waals surface area contributed by atoms with Gasteiger partial charge in [0.25, 0.3) is 0 Å². The van der Waals surface area contributed by atoms with Gasteiger partial charge in [-0.3, -0.25) is 4.79 Å². The molecule has 0 atom stereocenters. The third-order valence-electron chi connectivity index (χ3n) is 3.06. The maximum Gasteiger partial charge on any atom is 0.240 e. The van der Waals surface area contributed by atoms with Crippen LogP contribution in [0.3, 0.4) is 0 Å². The van der Waals surface area contributed by atoms with Gasteiger partial charge in [0, 0.05) is 13.2 Å². The monoisotopic (exact) mass is 238 g/mol. The van der Waals surface area contributed by atoms with E-state index >= 15 is 0 Å². The van der Waals surface area contributed by atoms with Crippen molar-refractivity contribution in [1.29, 1.82) is 0 Å². The van der Waals surface area contributed by atoms with Gasteiger partial charge in [-0.05, 0) is 31.9 Å². The zero-order chi connectivity index (χ0) is 12.3. The van der Waals surface area contributed by atoms with E-state index in [0.717, 1.165) is 11.5 Å². The summed E-state index contributed by atoms with van der Waals surface area (Å²) in [5.74, 6) is 1.45. The van der Waals surface area contributed by atoms with Gasteiger partial charge in [-0.25, -0.2) is 0 Å². The number of aryl methyl sites for hydroxylation is 1. The van der Waals surface area contributed by atoms with E-state index in [2.05, 4.69) is 5.32 Å². The number of amides is 1. The minimum Gasteiger partial charge on any atom is -0.465 e. The average Bonchev–Trinajstić information content (AvgIpc) is 2.73. The van der Waals surface area contributed by atoms with E-state index in [-0.39, 0.29) is 5.91 Å². The molecule has 1 fully saturated rings. The van der Waals surface area contributed by atoms with Gasteiger partial charge in [-0.1, -0.05) is 0 Å². The zero-order valence-electron chi connectivity index (χ0n) is 9.99. The van der Waals surface area contributed by atoms with Crippen LogP contribution in [0.5, 0.6) is 0 Å². The number of nitrogens with one attached hydrogen (secondary N) is 1. The standard InChI is InChI=1S/C12H18N2O3/c1-9-2-3-10(17-9)8-14-11(15)12(13)4-6-16-7-5-12/h2-3H,4-8,13H2,1H3,(H,14,15). The molecule has 17 heavy (non-hydrogen) atoms. The summed E-state index contributed by atoms with van der Waals surface area (Å²) in [6, 6.07) is 3.72. The molecule has 1 aliphatic rings. The molecule has 3 N–H and O–H groups in total. The van der Waals surface area contributed by atoms with Crippen molar-refractivity contribution in [2.45, 2.75) is 31.8 Å². The van der Waals surface area contributed by atoms with Crippen LogP contribution >= 0.6 is 0 Å². The van der Waals surface area contributed by atoms with Crippen molar-refractivity contribution >= 4 is 5.91 Å². The molecule has 94 valence electrons. The second-order valence-corrected chi connectivity index (χ2v) is 4.46. The molecule has 0 aromatic carbocycles. The van der Waals surface area contributed by atoms with Crippen molar-refractivity contribution in [1.82, 2.24) is 5.32 Å². The van der Waals surface area contributed by atoms with Crippen LogP contribution in [0.2, 0.25) is 0 Å². The molecule has 0 unspecified atom stereocenters. The first kappa shape index (κ1) is 12.1. The summed E-state index contributed by atoms with van der Waals surface area (Å²) in [5, 5.41) is 2.81. The largest absolute Gasteiger partial charge is 0.465 e. The molecule has 0 spiro atoms.